The summed E-state index contributed by atoms with van der Waals surface area (Å²) in [5, 5.41) is 11.4. The van der Waals surface area contributed by atoms with Gasteiger partial charge >= 0.3 is 0 Å². The monoisotopic (exact) mass is 331 g/mol. The number of fused-ring (bicyclic) bond motifs is 2. The largest absolute Gasteiger partial charge is 0.350 e. The fourth-order valence-electron chi connectivity index (χ4n) is 3.34. The lowest BCUT2D eigenvalue weighted by molar-refractivity contribution is 0.0947. The standard InChI is InChI=1S/C16H21N5OS/c1-21-8-6-11-10(9-21)15(20-19-11)16(22)17-7-5-14-18-12-3-2-4-13(12)23-14/h2-9H2,1H3,(H,17,22)(H,19,20). The molecule has 2 aliphatic rings. The number of thiazole rings is 1. The molecule has 3 heterocycles. The van der Waals surface area contributed by atoms with Crippen LogP contribution >= 0.6 is 11.3 Å². The molecule has 0 fully saturated rings. The zero-order valence-electron chi connectivity index (χ0n) is 13.3. The van der Waals surface area contributed by atoms with Crippen molar-refractivity contribution in [1.29, 1.82) is 0 Å². The van der Waals surface area contributed by atoms with Gasteiger partial charge in [0.05, 0.1) is 10.7 Å². The third kappa shape index (κ3) is 2.90. The van der Waals surface area contributed by atoms with Crippen LogP contribution < -0.4 is 5.32 Å². The summed E-state index contributed by atoms with van der Waals surface area (Å²) in [6.07, 6.45) is 5.26. The number of aromatic nitrogens is 3. The lowest BCUT2D eigenvalue weighted by Crippen LogP contribution is -2.30. The molecule has 6 nitrogen and oxygen atoms in total. The Labute approximate surface area is 139 Å². The molecule has 2 aromatic rings. The van der Waals surface area contributed by atoms with Gasteiger partial charge in [-0.05, 0) is 26.3 Å². The van der Waals surface area contributed by atoms with E-state index in [0.717, 1.165) is 48.6 Å². The highest BCUT2D eigenvalue weighted by molar-refractivity contribution is 7.11. The summed E-state index contributed by atoms with van der Waals surface area (Å²) in [7, 11) is 2.07. The molecule has 2 aromatic heterocycles. The molecule has 0 saturated carbocycles. The van der Waals surface area contributed by atoms with Crippen LogP contribution in [-0.4, -0.2) is 46.1 Å². The van der Waals surface area contributed by atoms with Gasteiger partial charge in [0.1, 0.15) is 0 Å². The average Bonchev–Trinajstić information content (AvgIpc) is 3.20. The molecule has 0 spiro atoms. The quantitative estimate of drug-likeness (QED) is 0.886. The van der Waals surface area contributed by atoms with Crippen molar-refractivity contribution in [1.82, 2.24) is 25.4 Å². The molecule has 1 aliphatic heterocycles. The normalized spacial score (nSPS) is 17.1. The smallest absolute Gasteiger partial charge is 0.272 e. The first kappa shape index (κ1) is 14.8. The Morgan fingerprint density at radius 2 is 2.30 bits per heavy atom. The molecule has 2 N–H and O–H groups in total. The summed E-state index contributed by atoms with van der Waals surface area (Å²) >= 11 is 1.80. The van der Waals surface area contributed by atoms with Crippen LogP contribution in [-0.2, 0) is 32.2 Å². The average molecular weight is 331 g/mol. The topological polar surface area (TPSA) is 73.9 Å². The fraction of sp³-hybridized carbons (Fsp3) is 0.562. The summed E-state index contributed by atoms with van der Waals surface area (Å²) in [6, 6.07) is 0. The van der Waals surface area contributed by atoms with E-state index in [9.17, 15) is 4.79 Å². The second kappa shape index (κ2) is 6.05. The van der Waals surface area contributed by atoms with Crippen LogP contribution in [0.25, 0.3) is 0 Å². The van der Waals surface area contributed by atoms with Crippen LogP contribution in [0.4, 0.5) is 0 Å². The maximum atomic E-state index is 12.4. The Bertz CT molecular complexity index is 713. The second-order valence-corrected chi connectivity index (χ2v) is 7.52. The van der Waals surface area contributed by atoms with Crippen molar-refractivity contribution in [2.45, 2.75) is 38.6 Å². The molecule has 0 radical (unpaired) electrons. The first-order chi connectivity index (χ1) is 11.2. The maximum absolute atomic E-state index is 12.4. The Morgan fingerprint density at radius 3 is 3.17 bits per heavy atom. The first-order valence-electron chi connectivity index (χ1n) is 8.21. The molecule has 0 aromatic carbocycles. The minimum atomic E-state index is -0.0816. The minimum Gasteiger partial charge on any atom is -0.350 e. The van der Waals surface area contributed by atoms with Crippen molar-refractivity contribution < 1.29 is 4.79 Å². The van der Waals surface area contributed by atoms with Crippen molar-refractivity contribution in [2.75, 3.05) is 20.1 Å². The van der Waals surface area contributed by atoms with Gasteiger partial charge in [0, 0.05) is 48.6 Å². The van der Waals surface area contributed by atoms with E-state index in [1.54, 1.807) is 11.3 Å². The Morgan fingerprint density at radius 1 is 1.39 bits per heavy atom. The van der Waals surface area contributed by atoms with Crippen molar-refractivity contribution in [3.8, 4) is 0 Å². The van der Waals surface area contributed by atoms with E-state index in [4.69, 9.17) is 0 Å². The molecule has 0 saturated heterocycles. The number of aromatic amines is 1. The van der Waals surface area contributed by atoms with Gasteiger partial charge in [0.25, 0.3) is 5.91 Å². The van der Waals surface area contributed by atoms with Crippen molar-refractivity contribution in [3.05, 3.63) is 32.5 Å². The molecular weight excluding hydrogens is 310 g/mol. The number of hydrogen-bond acceptors (Lipinski definition) is 5. The molecule has 4 rings (SSSR count). The Kier molecular flexibility index (Phi) is 3.90. The molecule has 0 bridgehead atoms. The molecule has 0 unspecified atom stereocenters. The van der Waals surface area contributed by atoms with Crippen LogP contribution in [0.15, 0.2) is 0 Å². The van der Waals surface area contributed by atoms with Crippen LogP contribution in [0, 0.1) is 0 Å². The predicted octanol–water partition coefficient (Wildman–Crippen LogP) is 1.32. The minimum absolute atomic E-state index is 0.0816. The Balaban J connectivity index is 1.36. The van der Waals surface area contributed by atoms with Crippen LogP contribution in [0.5, 0.6) is 0 Å². The van der Waals surface area contributed by atoms with Gasteiger partial charge in [0.2, 0.25) is 0 Å². The van der Waals surface area contributed by atoms with E-state index in [2.05, 4.69) is 32.4 Å². The fourth-order valence-corrected chi connectivity index (χ4v) is 4.49. The number of rotatable bonds is 4. The number of aryl methyl sites for hydroxylation is 2. The maximum Gasteiger partial charge on any atom is 0.272 e. The molecule has 1 amide bonds. The predicted molar refractivity (Wildman–Crippen MR) is 88.8 cm³/mol. The van der Waals surface area contributed by atoms with E-state index in [0.29, 0.717) is 12.2 Å². The van der Waals surface area contributed by atoms with Crippen molar-refractivity contribution in [3.63, 3.8) is 0 Å². The zero-order chi connectivity index (χ0) is 15.8. The number of carbonyl (C=O) groups excluding carboxylic acids is 1. The third-order valence-corrected chi connectivity index (χ3v) is 5.82. The van der Waals surface area contributed by atoms with Crippen LogP contribution in [0.3, 0.4) is 0 Å². The number of likely N-dealkylation sites (N-methyl/N-ethyl adjacent to an activating group) is 1. The van der Waals surface area contributed by atoms with Gasteiger partial charge in [-0.2, -0.15) is 5.10 Å². The number of nitrogens with one attached hydrogen (secondary N) is 2. The number of nitrogens with zero attached hydrogens (tertiary/aromatic N) is 3. The lowest BCUT2D eigenvalue weighted by atomic mass is 10.1. The number of hydrogen-bond donors (Lipinski definition) is 2. The van der Waals surface area contributed by atoms with Gasteiger partial charge in [0.15, 0.2) is 5.69 Å². The van der Waals surface area contributed by atoms with E-state index in [1.807, 2.05) is 0 Å². The Hall–Kier alpha value is -1.73. The molecule has 23 heavy (non-hydrogen) atoms. The van der Waals surface area contributed by atoms with Gasteiger partial charge in [-0.25, -0.2) is 4.98 Å². The van der Waals surface area contributed by atoms with Gasteiger partial charge in [-0.3, -0.25) is 9.89 Å². The number of H-pyrrole nitrogens is 1. The highest BCUT2D eigenvalue weighted by Gasteiger charge is 2.23. The molecular formula is C16H21N5OS. The van der Waals surface area contributed by atoms with E-state index < -0.39 is 0 Å². The third-order valence-electron chi connectivity index (χ3n) is 4.60. The summed E-state index contributed by atoms with van der Waals surface area (Å²) in [5.74, 6) is -0.0816. The molecule has 0 atom stereocenters. The first-order valence-corrected chi connectivity index (χ1v) is 9.02. The SMILES string of the molecule is CN1CCc2[nH]nc(C(=O)NCCc3nc4c(s3)CCC4)c2C1. The van der Waals surface area contributed by atoms with Gasteiger partial charge in [-0.1, -0.05) is 0 Å². The van der Waals surface area contributed by atoms with Crippen molar-refractivity contribution >= 4 is 17.2 Å². The second-order valence-electron chi connectivity index (χ2n) is 6.35. The highest BCUT2D eigenvalue weighted by Crippen LogP contribution is 2.27. The molecule has 7 heteroatoms. The number of carbonyl (C=O) groups is 1. The highest BCUT2D eigenvalue weighted by atomic mass is 32.1. The van der Waals surface area contributed by atoms with Crippen LogP contribution in [0.2, 0.25) is 0 Å². The zero-order valence-corrected chi connectivity index (χ0v) is 14.1. The summed E-state index contributed by atoms with van der Waals surface area (Å²) in [4.78, 5) is 20.7. The van der Waals surface area contributed by atoms with Crippen LogP contribution in [0.1, 0.15) is 43.7 Å². The van der Waals surface area contributed by atoms with Gasteiger partial charge in [-0.15, -0.1) is 11.3 Å². The number of amides is 1. The van der Waals surface area contributed by atoms with E-state index >= 15 is 0 Å². The molecule has 122 valence electrons. The lowest BCUT2D eigenvalue weighted by Gasteiger charge is -2.22. The summed E-state index contributed by atoms with van der Waals surface area (Å²) in [5.41, 5.74) is 3.97. The summed E-state index contributed by atoms with van der Waals surface area (Å²) in [6.45, 7) is 2.40. The van der Waals surface area contributed by atoms with Crippen molar-refractivity contribution in [2.24, 2.45) is 0 Å². The molecule has 1 aliphatic carbocycles. The van der Waals surface area contributed by atoms with Gasteiger partial charge < -0.3 is 10.2 Å². The van der Waals surface area contributed by atoms with E-state index in [1.165, 1.54) is 23.4 Å². The van der Waals surface area contributed by atoms with E-state index in [-0.39, 0.29) is 5.91 Å². The summed E-state index contributed by atoms with van der Waals surface area (Å²) < 4.78 is 0.